The molecule has 0 bridgehead atoms. The molecule has 1 amide bonds. The van der Waals surface area contributed by atoms with Gasteiger partial charge in [0.05, 0.1) is 10.5 Å². The van der Waals surface area contributed by atoms with Crippen LogP contribution in [0.25, 0.3) is 0 Å². The van der Waals surface area contributed by atoms with Crippen LogP contribution in [0.4, 0.5) is 5.82 Å². The average molecular weight is 450 g/mol. The Morgan fingerprint density at radius 1 is 1.03 bits per heavy atom. The molecule has 0 spiro atoms. The number of nitrogens with one attached hydrogen (secondary N) is 1. The topological polar surface area (TPSA) is 137 Å². The van der Waals surface area contributed by atoms with Crippen LogP contribution in [0.3, 0.4) is 0 Å². The minimum atomic E-state index is -3.59. The summed E-state index contributed by atoms with van der Waals surface area (Å²) in [6.07, 6.45) is 1.63. The Hall–Kier alpha value is -3.25. The molecule has 1 aromatic heterocycles. The Labute approximate surface area is 177 Å². The Balaban J connectivity index is 1.61. The third-order valence-electron chi connectivity index (χ3n) is 4.92. The monoisotopic (exact) mass is 450 g/mol. The highest BCUT2D eigenvalue weighted by Gasteiger charge is 2.27. The summed E-state index contributed by atoms with van der Waals surface area (Å²) in [4.78, 5) is 47.9. The van der Waals surface area contributed by atoms with Crippen LogP contribution in [0.2, 0.25) is 0 Å². The van der Waals surface area contributed by atoms with E-state index in [1.165, 1.54) is 42.7 Å². The summed E-state index contributed by atoms with van der Waals surface area (Å²) < 4.78 is 33.3. The van der Waals surface area contributed by atoms with E-state index in [1.54, 1.807) is 0 Å². The van der Waals surface area contributed by atoms with E-state index in [4.69, 9.17) is 4.74 Å². The highest BCUT2D eigenvalue weighted by Crippen LogP contribution is 2.21. The molecule has 3 rings (SSSR count). The zero-order chi connectivity index (χ0) is 22.8. The number of benzene rings is 1. The van der Waals surface area contributed by atoms with E-state index < -0.39 is 39.8 Å². The highest BCUT2D eigenvalue weighted by atomic mass is 32.2. The van der Waals surface area contributed by atoms with Gasteiger partial charge in [-0.1, -0.05) is 0 Å². The van der Waals surface area contributed by atoms with Crippen molar-refractivity contribution in [2.24, 2.45) is 14.1 Å². The van der Waals surface area contributed by atoms with Crippen LogP contribution in [0, 0.1) is 0 Å². The van der Waals surface area contributed by atoms with E-state index in [-0.39, 0.29) is 16.3 Å². The Kier molecular flexibility index (Phi) is 6.41. The van der Waals surface area contributed by atoms with E-state index in [0.29, 0.717) is 13.1 Å². The second-order valence-corrected chi connectivity index (χ2v) is 8.97. The molecule has 0 saturated carbocycles. The molecule has 1 aliphatic rings. The van der Waals surface area contributed by atoms with Gasteiger partial charge in [0.1, 0.15) is 5.82 Å². The molecule has 11 nitrogen and oxygen atoms in total. The number of hydrogen-bond donors (Lipinski definition) is 1. The van der Waals surface area contributed by atoms with E-state index in [2.05, 4.69) is 5.32 Å². The first kappa shape index (κ1) is 22.4. The number of ether oxygens (including phenoxy) is 1. The molecule has 0 radical (unpaired) electrons. The lowest BCUT2D eigenvalue weighted by Crippen LogP contribution is -2.38. The van der Waals surface area contributed by atoms with Crippen molar-refractivity contribution in [3.63, 3.8) is 0 Å². The minimum Gasteiger partial charge on any atom is -0.452 e. The lowest BCUT2D eigenvalue weighted by atomic mass is 10.2. The number of carbonyl (C=O) groups is 2. The number of esters is 1. The van der Waals surface area contributed by atoms with Crippen molar-refractivity contribution in [1.29, 1.82) is 0 Å². The summed E-state index contributed by atoms with van der Waals surface area (Å²) in [5.74, 6) is -1.60. The summed E-state index contributed by atoms with van der Waals surface area (Å²) in [6, 6.07) is 6.34. The van der Waals surface area contributed by atoms with Gasteiger partial charge in [-0.3, -0.25) is 18.7 Å². The Bertz CT molecular complexity index is 1220. The number of aromatic nitrogens is 2. The molecule has 166 valence electrons. The van der Waals surface area contributed by atoms with E-state index in [1.807, 2.05) is 0 Å². The first-order valence-corrected chi connectivity index (χ1v) is 10.9. The van der Waals surface area contributed by atoms with Crippen molar-refractivity contribution in [2.45, 2.75) is 17.7 Å². The zero-order valence-electron chi connectivity index (χ0n) is 17.0. The van der Waals surface area contributed by atoms with Crippen molar-refractivity contribution in [3.05, 3.63) is 56.7 Å². The number of anilines is 1. The molecule has 0 aliphatic carbocycles. The molecule has 1 saturated heterocycles. The molecular formula is C19H22N4O7S. The van der Waals surface area contributed by atoms with Gasteiger partial charge >= 0.3 is 11.7 Å². The SMILES string of the molecule is Cn1c(NC(=O)COC(=O)c2ccc(S(=O)(=O)N3CCCC3)cc2)cc(=O)n(C)c1=O. The average Bonchev–Trinajstić information content (AvgIpc) is 3.30. The number of nitrogens with zero attached hydrogens (tertiary/aromatic N) is 3. The predicted octanol–water partition coefficient (Wildman–Crippen LogP) is -0.336. The number of carbonyl (C=O) groups excluding carboxylic acids is 2. The number of rotatable bonds is 6. The number of amides is 1. The largest absolute Gasteiger partial charge is 0.452 e. The number of sulfonamides is 1. The van der Waals surface area contributed by atoms with Crippen molar-refractivity contribution < 1.29 is 22.7 Å². The fourth-order valence-corrected chi connectivity index (χ4v) is 4.60. The highest BCUT2D eigenvalue weighted by molar-refractivity contribution is 7.89. The Morgan fingerprint density at radius 2 is 1.65 bits per heavy atom. The maximum atomic E-state index is 12.5. The van der Waals surface area contributed by atoms with E-state index >= 15 is 0 Å². The van der Waals surface area contributed by atoms with Gasteiger partial charge in [0, 0.05) is 33.3 Å². The molecule has 1 aromatic carbocycles. The molecule has 2 heterocycles. The molecule has 31 heavy (non-hydrogen) atoms. The third kappa shape index (κ3) is 4.75. The molecule has 0 atom stereocenters. The molecule has 12 heteroatoms. The summed E-state index contributed by atoms with van der Waals surface area (Å²) in [5, 5.41) is 2.33. The van der Waals surface area contributed by atoms with Gasteiger partial charge < -0.3 is 10.1 Å². The molecule has 0 unspecified atom stereocenters. The fourth-order valence-electron chi connectivity index (χ4n) is 3.09. The van der Waals surface area contributed by atoms with Crippen molar-refractivity contribution in [2.75, 3.05) is 25.0 Å². The van der Waals surface area contributed by atoms with E-state index in [9.17, 15) is 27.6 Å². The smallest absolute Gasteiger partial charge is 0.338 e. The third-order valence-corrected chi connectivity index (χ3v) is 6.83. The van der Waals surface area contributed by atoms with Crippen molar-refractivity contribution in [3.8, 4) is 0 Å². The van der Waals surface area contributed by atoms with Crippen LogP contribution in [-0.4, -0.2) is 53.4 Å². The minimum absolute atomic E-state index is 0.0365. The van der Waals surface area contributed by atoms with Gasteiger partial charge in [-0.25, -0.2) is 18.0 Å². The van der Waals surface area contributed by atoms with Gasteiger partial charge in [0.2, 0.25) is 10.0 Å². The van der Waals surface area contributed by atoms with E-state index in [0.717, 1.165) is 28.0 Å². The van der Waals surface area contributed by atoms with Crippen LogP contribution in [-0.2, 0) is 33.7 Å². The summed E-state index contributed by atoms with van der Waals surface area (Å²) in [7, 11) is -0.912. The first-order chi connectivity index (χ1) is 14.6. The summed E-state index contributed by atoms with van der Waals surface area (Å²) in [6.45, 7) is 0.288. The van der Waals surface area contributed by atoms with Crippen molar-refractivity contribution in [1.82, 2.24) is 13.4 Å². The fraction of sp³-hybridized carbons (Fsp3) is 0.368. The van der Waals surface area contributed by atoms with Crippen LogP contribution in [0.15, 0.2) is 44.8 Å². The van der Waals surface area contributed by atoms with Crippen LogP contribution < -0.4 is 16.6 Å². The normalized spacial score (nSPS) is 14.4. The first-order valence-electron chi connectivity index (χ1n) is 9.45. The number of hydrogen-bond acceptors (Lipinski definition) is 7. The maximum Gasteiger partial charge on any atom is 0.338 e. The van der Waals surface area contributed by atoms with Crippen molar-refractivity contribution >= 4 is 27.7 Å². The molecule has 1 N–H and O–H groups in total. The van der Waals surface area contributed by atoms with Crippen LogP contribution >= 0.6 is 0 Å². The lowest BCUT2D eigenvalue weighted by molar-refractivity contribution is -0.119. The van der Waals surface area contributed by atoms with Gasteiger partial charge in [-0.05, 0) is 37.1 Å². The molecular weight excluding hydrogens is 428 g/mol. The molecule has 1 fully saturated rings. The second-order valence-electron chi connectivity index (χ2n) is 7.03. The van der Waals surface area contributed by atoms with Gasteiger partial charge in [0.15, 0.2) is 6.61 Å². The lowest BCUT2D eigenvalue weighted by Gasteiger charge is -2.15. The van der Waals surface area contributed by atoms with Crippen LogP contribution in [0.5, 0.6) is 0 Å². The van der Waals surface area contributed by atoms with Gasteiger partial charge in [-0.15, -0.1) is 0 Å². The molecule has 1 aliphatic heterocycles. The predicted molar refractivity (Wildman–Crippen MR) is 110 cm³/mol. The van der Waals surface area contributed by atoms with Crippen LogP contribution in [0.1, 0.15) is 23.2 Å². The Morgan fingerprint density at radius 3 is 2.26 bits per heavy atom. The van der Waals surface area contributed by atoms with Gasteiger partial charge in [-0.2, -0.15) is 4.31 Å². The van der Waals surface area contributed by atoms with Gasteiger partial charge in [0.25, 0.3) is 11.5 Å². The standard InChI is InChI=1S/C19H22N4O7S/c1-21-15(11-17(25)22(2)19(21)27)20-16(24)12-30-18(26)13-5-7-14(8-6-13)31(28,29)23-9-3-4-10-23/h5-8,11H,3-4,9-10,12H2,1-2H3,(H,20,24). The molecule has 2 aromatic rings. The maximum absolute atomic E-state index is 12.5. The summed E-state index contributed by atoms with van der Waals surface area (Å²) in [5.41, 5.74) is -1.14. The second kappa shape index (κ2) is 8.86. The zero-order valence-corrected chi connectivity index (χ0v) is 17.8. The quantitative estimate of drug-likeness (QED) is 0.595. The summed E-state index contributed by atoms with van der Waals surface area (Å²) >= 11 is 0.